The van der Waals surface area contributed by atoms with E-state index in [9.17, 15) is 9.59 Å². The van der Waals surface area contributed by atoms with Crippen molar-refractivity contribution in [2.75, 3.05) is 66.6 Å². The minimum Gasteiger partial charge on any atom is -0.395 e. The molecule has 8 heteroatoms. The van der Waals surface area contributed by atoms with Crippen LogP contribution in [0.5, 0.6) is 0 Å². The standard InChI is InChI=1S/C14H28N4O4/c1-17(2)8-7-15-5-6-16-13(21)3-4-14(22)18(9-11-19)10-12-20/h3-4,15,19-20H,5-12H2,1-2H3,(H,16,21)/b4-3-. The van der Waals surface area contributed by atoms with Gasteiger partial charge in [0.1, 0.15) is 0 Å². The summed E-state index contributed by atoms with van der Waals surface area (Å²) in [6.07, 6.45) is 2.30. The van der Waals surface area contributed by atoms with Gasteiger partial charge in [-0.1, -0.05) is 0 Å². The smallest absolute Gasteiger partial charge is 0.246 e. The first-order valence-corrected chi connectivity index (χ1v) is 7.33. The second kappa shape index (κ2) is 13.2. The molecular formula is C14H28N4O4. The largest absolute Gasteiger partial charge is 0.395 e. The molecule has 0 unspecified atom stereocenters. The van der Waals surface area contributed by atoms with Crippen LogP contribution in [0.25, 0.3) is 0 Å². The molecule has 128 valence electrons. The molecule has 2 amide bonds. The van der Waals surface area contributed by atoms with Crippen LogP contribution in [0.1, 0.15) is 0 Å². The monoisotopic (exact) mass is 316 g/mol. The van der Waals surface area contributed by atoms with E-state index in [1.54, 1.807) is 0 Å². The molecule has 0 aromatic rings. The summed E-state index contributed by atoms with van der Waals surface area (Å²) in [5, 5.41) is 23.5. The molecule has 0 bridgehead atoms. The van der Waals surface area contributed by atoms with E-state index in [0.29, 0.717) is 13.1 Å². The lowest BCUT2D eigenvalue weighted by Crippen LogP contribution is -2.35. The average molecular weight is 316 g/mol. The van der Waals surface area contributed by atoms with E-state index in [4.69, 9.17) is 10.2 Å². The third kappa shape index (κ3) is 11.2. The summed E-state index contributed by atoms with van der Waals surface area (Å²) >= 11 is 0. The molecule has 0 fully saturated rings. The Labute approximate surface area is 131 Å². The summed E-state index contributed by atoms with van der Waals surface area (Å²) in [5.41, 5.74) is 0. The lowest BCUT2D eigenvalue weighted by Gasteiger charge is -2.18. The Morgan fingerprint density at radius 1 is 0.955 bits per heavy atom. The van der Waals surface area contributed by atoms with Crippen molar-refractivity contribution in [2.24, 2.45) is 0 Å². The molecule has 0 aliphatic carbocycles. The van der Waals surface area contributed by atoms with Gasteiger partial charge in [0, 0.05) is 51.4 Å². The maximum Gasteiger partial charge on any atom is 0.246 e. The summed E-state index contributed by atoms with van der Waals surface area (Å²) in [6.45, 7) is 2.77. The number of nitrogens with zero attached hydrogens (tertiary/aromatic N) is 2. The first-order valence-electron chi connectivity index (χ1n) is 7.33. The van der Waals surface area contributed by atoms with Gasteiger partial charge in [-0.3, -0.25) is 9.59 Å². The summed E-state index contributed by atoms with van der Waals surface area (Å²) < 4.78 is 0. The third-order valence-electron chi connectivity index (χ3n) is 2.77. The second-order valence-corrected chi connectivity index (χ2v) is 4.95. The molecule has 0 aromatic carbocycles. The molecule has 22 heavy (non-hydrogen) atoms. The number of hydrogen-bond donors (Lipinski definition) is 4. The highest BCUT2D eigenvalue weighted by Crippen LogP contribution is 1.91. The van der Waals surface area contributed by atoms with Crippen molar-refractivity contribution in [3.05, 3.63) is 12.2 Å². The lowest BCUT2D eigenvalue weighted by molar-refractivity contribution is -0.127. The number of nitrogens with one attached hydrogen (secondary N) is 2. The van der Waals surface area contributed by atoms with Crippen LogP contribution < -0.4 is 10.6 Å². The number of rotatable bonds is 12. The third-order valence-corrected chi connectivity index (χ3v) is 2.77. The van der Waals surface area contributed by atoms with Crippen LogP contribution in [0.15, 0.2) is 12.2 Å². The molecule has 0 aliphatic rings. The average Bonchev–Trinajstić information content (AvgIpc) is 2.47. The fraction of sp³-hybridized carbons (Fsp3) is 0.714. The van der Waals surface area contributed by atoms with Crippen molar-refractivity contribution in [3.63, 3.8) is 0 Å². The van der Waals surface area contributed by atoms with E-state index in [1.807, 2.05) is 14.1 Å². The zero-order chi connectivity index (χ0) is 16.8. The van der Waals surface area contributed by atoms with Crippen LogP contribution in [0, 0.1) is 0 Å². The van der Waals surface area contributed by atoms with Crippen LogP contribution in [0.4, 0.5) is 0 Å². The van der Waals surface area contributed by atoms with E-state index in [0.717, 1.165) is 25.2 Å². The van der Waals surface area contributed by atoms with E-state index in [-0.39, 0.29) is 32.2 Å². The Morgan fingerprint density at radius 3 is 2.14 bits per heavy atom. The zero-order valence-electron chi connectivity index (χ0n) is 13.4. The molecule has 0 aromatic heterocycles. The number of likely N-dealkylation sites (N-methyl/N-ethyl adjacent to an activating group) is 1. The van der Waals surface area contributed by atoms with Crippen LogP contribution in [-0.2, 0) is 9.59 Å². The number of aliphatic hydroxyl groups excluding tert-OH is 2. The van der Waals surface area contributed by atoms with Gasteiger partial charge in [-0.05, 0) is 14.1 Å². The van der Waals surface area contributed by atoms with Crippen molar-refractivity contribution in [1.29, 1.82) is 0 Å². The summed E-state index contributed by atoms with van der Waals surface area (Å²) in [5.74, 6) is -0.766. The van der Waals surface area contributed by atoms with Gasteiger partial charge in [0.25, 0.3) is 0 Å². The Morgan fingerprint density at radius 2 is 1.59 bits per heavy atom. The molecular weight excluding hydrogens is 288 g/mol. The van der Waals surface area contributed by atoms with Gasteiger partial charge in [-0.2, -0.15) is 0 Å². The van der Waals surface area contributed by atoms with Gasteiger partial charge in [0.2, 0.25) is 11.8 Å². The van der Waals surface area contributed by atoms with E-state index in [1.165, 1.54) is 4.90 Å². The number of aliphatic hydroxyl groups is 2. The fourth-order valence-electron chi connectivity index (χ4n) is 1.59. The molecule has 8 nitrogen and oxygen atoms in total. The van der Waals surface area contributed by atoms with Gasteiger partial charge < -0.3 is 30.6 Å². The molecule has 0 saturated carbocycles. The molecule has 4 N–H and O–H groups in total. The Bertz CT molecular complexity index is 342. The van der Waals surface area contributed by atoms with Gasteiger partial charge in [-0.25, -0.2) is 0 Å². The Hall–Kier alpha value is -1.48. The molecule has 0 radical (unpaired) electrons. The minimum absolute atomic E-state index is 0.126. The van der Waals surface area contributed by atoms with Crippen molar-refractivity contribution < 1.29 is 19.8 Å². The van der Waals surface area contributed by atoms with Crippen LogP contribution in [-0.4, -0.2) is 98.4 Å². The van der Waals surface area contributed by atoms with Crippen LogP contribution in [0.3, 0.4) is 0 Å². The van der Waals surface area contributed by atoms with E-state index >= 15 is 0 Å². The quantitative estimate of drug-likeness (QED) is 0.237. The summed E-state index contributed by atoms with van der Waals surface area (Å²) in [6, 6.07) is 0. The zero-order valence-corrected chi connectivity index (χ0v) is 13.4. The number of carbonyl (C=O) groups is 2. The highest BCUT2D eigenvalue weighted by atomic mass is 16.3. The number of carbonyl (C=O) groups excluding carboxylic acids is 2. The van der Waals surface area contributed by atoms with Gasteiger partial charge in [0.15, 0.2) is 0 Å². The highest BCUT2D eigenvalue weighted by Gasteiger charge is 2.09. The number of hydrogen-bond acceptors (Lipinski definition) is 6. The SMILES string of the molecule is CN(C)CCNCCNC(=O)/C=C\C(=O)N(CCO)CCO. The van der Waals surface area contributed by atoms with E-state index < -0.39 is 5.91 Å². The summed E-state index contributed by atoms with van der Waals surface area (Å²) in [7, 11) is 3.98. The number of amides is 2. The predicted molar refractivity (Wildman–Crippen MR) is 84.3 cm³/mol. The first kappa shape index (κ1) is 20.5. The van der Waals surface area contributed by atoms with Crippen molar-refractivity contribution in [2.45, 2.75) is 0 Å². The summed E-state index contributed by atoms with van der Waals surface area (Å²) in [4.78, 5) is 26.6. The molecule has 0 rings (SSSR count). The molecule has 0 saturated heterocycles. The maximum absolute atomic E-state index is 11.7. The molecule has 0 aliphatic heterocycles. The van der Waals surface area contributed by atoms with Crippen LogP contribution in [0.2, 0.25) is 0 Å². The maximum atomic E-state index is 11.7. The van der Waals surface area contributed by atoms with E-state index in [2.05, 4.69) is 15.5 Å². The molecule has 0 spiro atoms. The van der Waals surface area contributed by atoms with Gasteiger partial charge >= 0.3 is 0 Å². The molecule has 0 atom stereocenters. The van der Waals surface area contributed by atoms with Gasteiger partial charge in [0.05, 0.1) is 13.2 Å². The normalized spacial score (nSPS) is 11.1. The topological polar surface area (TPSA) is 105 Å². The Balaban J connectivity index is 3.91. The van der Waals surface area contributed by atoms with Crippen molar-refractivity contribution in [3.8, 4) is 0 Å². The lowest BCUT2D eigenvalue weighted by atomic mass is 10.4. The highest BCUT2D eigenvalue weighted by molar-refractivity contribution is 5.96. The Kier molecular flexibility index (Phi) is 12.3. The van der Waals surface area contributed by atoms with Gasteiger partial charge in [-0.15, -0.1) is 0 Å². The molecule has 0 heterocycles. The van der Waals surface area contributed by atoms with Crippen molar-refractivity contribution >= 4 is 11.8 Å². The first-order chi connectivity index (χ1) is 10.5. The van der Waals surface area contributed by atoms with Crippen molar-refractivity contribution in [1.82, 2.24) is 20.4 Å². The minimum atomic E-state index is -0.414. The predicted octanol–water partition coefficient (Wildman–Crippen LogP) is -2.38. The van der Waals surface area contributed by atoms with Crippen LogP contribution >= 0.6 is 0 Å². The second-order valence-electron chi connectivity index (χ2n) is 4.95. The fourth-order valence-corrected chi connectivity index (χ4v) is 1.59.